The highest BCUT2D eigenvalue weighted by molar-refractivity contribution is 7.80. The first-order chi connectivity index (χ1) is 9.97. The molecule has 0 aromatic heterocycles. The van der Waals surface area contributed by atoms with Crippen LogP contribution in [0.15, 0.2) is 42.5 Å². The summed E-state index contributed by atoms with van der Waals surface area (Å²) >= 11 is 4.82. The molecule has 1 amide bonds. The molecule has 0 aliphatic carbocycles. The summed E-state index contributed by atoms with van der Waals surface area (Å²) in [6, 6.07) is 10.3. The van der Waals surface area contributed by atoms with E-state index in [0.29, 0.717) is 11.3 Å². The second-order valence-corrected chi connectivity index (χ2v) is 4.82. The van der Waals surface area contributed by atoms with Crippen LogP contribution in [0.3, 0.4) is 0 Å². The van der Waals surface area contributed by atoms with Gasteiger partial charge in [0.25, 0.3) is 0 Å². The molecular weight excluding hydrogens is 294 g/mol. The van der Waals surface area contributed by atoms with Crippen LogP contribution >= 0.6 is 12.2 Å². The Bertz CT molecular complexity index is 687. The molecule has 108 valence electrons. The largest absolute Gasteiger partial charge is 0.389 e. The van der Waals surface area contributed by atoms with Crippen LogP contribution in [0.5, 0.6) is 0 Å². The predicted molar refractivity (Wildman–Crippen MR) is 81.0 cm³/mol. The molecule has 0 bridgehead atoms. The van der Waals surface area contributed by atoms with Gasteiger partial charge < -0.3 is 11.1 Å². The lowest BCUT2D eigenvalue weighted by atomic mass is 10.1. The molecule has 0 fully saturated rings. The molecule has 0 aliphatic rings. The third-order valence-electron chi connectivity index (χ3n) is 2.84. The van der Waals surface area contributed by atoms with Crippen molar-refractivity contribution in [1.29, 1.82) is 0 Å². The van der Waals surface area contributed by atoms with Crippen molar-refractivity contribution in [3.8, 4) is 0 Å². The van der Waals surface area contributed by atoms with E-state index in [1.54, 1.807) is 24.3 Å². The highest BCUT2D eigenvalue weighted by Gasteiger charge is 2.11. The van der Waals surface area contributed by atoms with Crippen LogP contribution in [0.1, 0.15) is 11.1 Å². The van der Waals surface area contributed by atoms with Gasteiger partial charge in [-0.05, 0) is 30.3 Å². The van der Waals surface area contributed by atoms with E-state index in [2.05, 4.69) is 5.32 Å². The number of carbonyl (C=O) groups is 1. The first-order valence-corrected chi connectivity index (χ1v) is 6.51. The van der Waals surface area contributed by atoms with E-state index >= 15 is 0 Å². The van der Waals surface area contributed by atoms with Crippen LogP contribution in [-0.2, 0) is 11.2 Å². The molecule has 0 unspecified atom stereocenters. The minimum atomic E-state index is -1.00. The van der Waals surface area contributed by atoms with Crippen molar-refractivity contribution < 1.29 is 13.6 Å². The van der Waals surface area contributed by atoms with Gasteiger partial charge in [-0.3, -0.25) is 4.79 Å². The van der Waals surface area contributed by atoms with Gasteiger partial charge >= 0.3 is 0 Å². The minimum absolute atomic E-state index is 0.00672. The van der Waals surface area contributed by atoms with Crippen LogP contribution in [0.2, 0.25) is 0 Å². The maximum absolute atomic E-state index is 13.5. The van der Waals surface area contributed by atoms with Crippen molar-refractivity contribution in [1.82, 2.24) is 0 Å². The van der Waals surface area contributed by atoms with E-state index in [1.807, 2.05) is 0 Å². The van der Waals surface area contributed by atoms with E-state index in [9.17, 15) is 13.6 Å². The fraction of sp³-hybridized carbons (Fsp3) is 0.0667. The number of amides is 1. The van der Waals surface area contributed by atoms with Gasteiger partial charge in [0.15, 0.2) is 11.6 Å². The van der Waals surface area contributed by atoms with E-state index in [0.717, 1.165) is 6.07 Å². The maximum atomic E-state index is 13.5. The number of anilines is 1. The molecular formula is C15H12F2N2OS. The first-order valence-electron chi connectivity index (χ1n) is 6.10. The average Bonchev–Trinajstić information content (AvgIpc) is 2.44. The van der Waals surface area contributed by atoms with Gasteiger partial charge in [0.05, 0.1) is 6.42 Å². The second-order valence-electron chi connectivity index (χ2n) is 4.38. The van der Waals surface area contributed by atoms with Crippen LogP contribution < -0.4 is 11.1 Å². The van der Waals surface area contributed by atoms with E-state index < -0.39 is 17.5 Å². The molecule has 2 aromatic carbocycles. The summed E-state index contributed by atoms with van der Waals surface area (Å²) in [6.07, 6.45) is -0.249. The summed E-state index contributed by atoms with van der Waals surface area (Å²) in [5.41, 5.74) is 6.68. The third-order valence-corrected chi connectivity index (χ3v) is 3.07. The summed E-state index contributed by atoms with van der Waals surface area (Å²) in [7, 11) is 0. The number of benzene rings is 2. The summed E-state index contributed by atoms with van der Waals surface area (Å²) in [5, 5.41) is 2.59. The van der Waals surface area contributed by atoms with Gasteiger partial charge in [0, 0.05) is 16.8 Å². The Kier molecular flexibility index (Phi) is 4.59. The van der Waals surface area contributed by atoms with Crippen LogP contribution in [0.4, 0.5) is 14.5 Å². The number of nitrogens with two attached hydrogens (primary N) is 1. The zero-order valence-electron chi connectivity index (χ0n) is 10.9. The highest BCUT2D eigenvalue weighted by Crippen LogP contribution is 2.14. The molecule has 21 heavy (non-hydrogen) atoms. The molecule has 2 rings (SSSR count). The topological polar surface area (TPSA) is 55.1 Å². The normalized spacial score (nSPS) is 10.2. The van der Waals surface area contributed by atoms with Crippen LogP contribution in [0, 0.1) is 11.6 Å². The standard InChI is InChI=1S/C15H12F2N2OS/c16-12-3-1-2-10(14(12)17)8-13(20)19-11-6-4-9(5-7-11)15(18)21/h1-7H,8H2,(H2,18,21)(H,19,20). The predicted octanol–water partition coefficient (Wildman–Crippen LogP) is 2.78. The number of carbonyl (C=O) groups excluding carboxylic acids is 1. The second kappa shape index (κ2) is 6.41. The fourth-order valence-electron chi connectivity index (χ4n) is 1.78. The monoisotopic (exact) mass is 306 g/mol. The minimum Gasteiger partial charge on any atom is -0.389 e. The van der Waals surface area contributed by atoms with Crippen molar-refractivity contribution in [3.63, 3.8) is 0 Å². The zero-order chi connectivity index (χ0) is 15.4. The smallest absolute Gasteiger partial charge is 0.228 e. The van der Waals surface area contributed by atoms with Gasteiger partial charge in [-0.1, -0.05) is 24.4 Å². The van der Waals surface area contributed by atoms with Crippen molar-refractivity contribution in [2.24, 2.45) is 5.73 Å². The lowest BCUT2D eigenvalue weighted by Gasteiger charge is -2.07. The third kappa shape index (κ3) is 3.82. The van der Waals surface area contributed by atoms with Crippen molar-refractivity contribution >= 4 is 28.8 Å². The lowest BCUT2D eigenvalue weighted by Crippen LogP contribution is -2.16. The number of nitrogens with one attached hydrogen (secondary N) is 1. The number of halogens is 2. The highest BCUT2D eigenvalue weighted by atomic mass is 32.1. The van der Waals surface area contributed by atoms with Gasteiger partial charge in [0.1, 0.15) is 4.99 Å². The Morgan fingerprint density at radius 3 is 2.43 bits per heavy atom. The van der Waals surface area contributed by atoms with Crippen molar-refractivity contribution in [2.75, 3.05) is 5.32 Å². The molecule has 3 nitrogen and oxygen atoms in total. The molecule has 3 N–H and O–H groups in total. The Hall–Kier alpha value is -2.34. The maximum Gasteiger partial charge on any atom is 0.228 e. The first kappa shape index (κ1) is 15.1. The van der Waals surface area contributed by atoms with E-state index in [1.165, 1.54) is 12.1 Å². The summed E-state index contributed by atoms with van der Waals surface area (Å²) < 4.78 is 26.5. The van der Waals surface area contributed by atoms with Crippen LogP contribution in [-0.4, -0.2) is 10.9 Å². The van der Waals surface area contributed by atoms with E-state index in [-0.39, 0.29) is 17.0 Å². The zero-order valence-corrected chi connectivity index (χ0v) is 11.7. The Morgan fingerprint density at radius 2 is 1.81 bits per heavy atom. The number of hydrogen-bond acceptors (Lipinski definition) is 2. The number of thiocarbonyl (C=S) groups is 1. The Balaban J connectivity index is 2.04. The molecule has 6 heteroatoms. The quantitative estimate of drug-likeness (QED) is 0.854. The molecule has 0 heterocycles. The van der Waals surface area contributed by atoms with Gasteiger partial charge in [-0.15, -0.1) is 0 Å². The van der Waals surface area contributed by atoms with Crippen LogP contribution in [0.25, 0.3) is 0 Å². The average molecular weight is 306 g/mol. The van der Waals surface area contributed by atoms with Crippen molar-refractivity contribution in [2.45, 2.75) is 6.42 Å². The molecule has 0 atom stereocenters. The van der Waals surface area contributed by atoms with Gasteiger partial charge in [-0.2, -0.15) is 0 Å². The SMILES string of the molecule is NC(=S)c1ccc(NC(=O)Cc2cccc(F)c2F)cc1. The molecule has 0 aliphatic heterocycles. The number of hydrogen-bond donors (Lipinski definition) is 2. The Labute approximate surface area is 125 Å². The molecule has 0 spiro atoms. The number of rotatable bonds is 4. The van der Waals surface area contributed by atoms with E-state index in [4.69, 9.17) is 18.0 Å². The molecule has 2 aromatic rings. The van der Waals surface area contributed by atoms with Gasteiger partial charge in [0.2, 0.25) is 5.91 Å². The summed E-state index contributed by atoms with van der Waals surface area (Å²) in [5.74, 6) is -2.42. The summed E-state index contributed by atoms with van der Waals surface area (Å²) in [6.45, 7) is 0. The summed E-state index contributed by atoms with van der Waals surface area (Å²) in [4.78, 5) is 12.1. The molecule has 0 saturated carbocycles. The van der Waals surface area contributed by atoms with Crippen molar-refractivity contribution in [3.05, 3.63) is 65.2 Å². The Morgan fingerprint density at radius 1 is 1.14 bits per heavy atom. The molecule has 0 radical (unpaired) electrons. The van der Waals surface area contributed by atoms with Gasteiger partial charge in [-0.25, -0.2) is 8.78 Å². The molecule has 0 saturated heterocycles. The fourth-order valence-corrected chi connectivity index (χ4v) is 1.92. The lowest BCUT2D eigenvalue weighted by molar-refractivity contribution is -0.115.